The number of nitrogens with zero attached hydrogens (tertiary/aromatic N) is 6. The second-order valence-electron chi connectivity index (χ2n) is 9.41. The maximum Gasteiger partial charge on any atom is 0.187 e. The van der Waals surface area contributed by atoms with Crippen LogP contribution in [0.15, 0.2) is 122 Å². The number of rotatable bonds is 4. The first-order valence-corrected chi connectivity index (χ1v) is 13.8. The smallest absolute Gasteiger partial charge is 0.187 e. The Kier molecular flexibility index (Phi) is 12.6. The van der Waals surface area contributed by atoms with E-state index >= 15 is 0 Å². The Bertz CT molecular complexity index is 2000. The van der Waals surface area contributed by atoms with Crippen LogP contribution in [0.1, 0.15) is 0 Å². The summed E-state index contributed by atoms with van der Waals surface area (Å²) in [5.41, 5.74) is 3.54. The van der Waals surface area contributed by atoms with E-state index in [0.717, 1.165) is 35.4 Å². The molecular formula is C37H20F4IrN6-4. The first kappa shape index (κ1) is 35.0. The van der Waals surface area contributed by atoms with Gasteiger partial charge in [0, 0.05) is 61.6 Å². The fraction of sp³-hybridized carbons (Fsp3) is 0. The van der Waals surface area contributed by atoms with Crippen LogP contribution in [0.2, 0.25) is 0 Å². The Morgan fingerprint density at radius 2 is 1.23 bits per heavy atom. The van der Waals surface area contributed by atoms with Crippen LogP contribution in [0, 0.1) is 48.0 Å². The molecule has 0 spiro atoms. The van der Waals surface area contributed by atoms with Gasteiger partial charge in [-0.15, -0.1) is 60.4 Å². The summed E-state index contributed by atoms with van der Waals surface area (Å²) < 4.78 is 51.6. The van der Waals surface area contributed by atoms with Crippen LogP contribution in [0.4, 0.5) is 23.2 Å². The van der Waals surface area contributed by atoms with Crippen LogP contribution in [0.25, 0.3) is 50.1 Å². The molecule has 0 saturated carbocycles. The molecule has 0 aliphatic rings. The number of hydrogen-bond acceptors (Lipinski definition) is 4. The van der Waals surface area contributed by atoms with E-state index in [0.29, 0.717) is 28.7 Å². The van der Waals surface area contributed by atoms with Gasteiger partial charge in [0.25, 0.3) is 0 Å². The van der Waals surface area contributed by atoms with Gasteiger partial charge in [-0.3, -0.25) is 22.7 Å². The monoisotopic (exact) mass is 817 g/mol. The van der Waals surface area contributed by atoms with Crippen molar-refractivity contribution in [2.75, 3.05) is 0 Å². The van der Waals surface area contributed by atoms with E-state index in [-0.39, 0.29) is 31.2 Å². The van der Waals surface area contributed by atoms with E-state index in [1.165, 1.54) is 0 Å². The summed E-state index contributed by atoms with van der Waals surface area (Å²) in [5.74, 6) is -1.45. The summed E-state index contributed by atoms with van der Waals surface area (Å²) in [6.07, 6.45) is 3.10. The van der Waals surface area contributed by atoms with Gasteiger partial charge >= 0.3 is 0 Å². The summed E-state index contributed by atoms with van der Waals surface area (Å²) in [6, 6.07) is 36.8. The fourth-order valence-corrected chi connectivity index (χ4v) is 4.00. The zero-order valence-electron chi connectivity index (χ0n) is 24.6. The summed E-state index contributed by atoms with van der Waals surface area (Å²) in [4.78, 5) is 15.6. The van der Waals surface area contributed by atoms with Gasteiger partial charge in [-0.2, -0.15) is 5.56 Å². The van der Waals surface area contributed by atoms with Crippen molar-refractivity contribution in [1.82, 2.24) is 25.1 Å². The molecule has 0 amide bonds. The summed E-state index contributed by atoms with van der Waals surface area (Å²) in [5, 5.41) is 8.11. The van der Waals surface area contributed by atoms with Gasteiger partial charge in [0.15, 0.2) is 5.69 Å². The number of aromatic nitrogens is 5. The quantitative estimate of drug-likeness (QED) is 0.131. The van der Waals surface area contributed by atoms with Crippen molar-refractivity contribution in [2.45, 2.75) is 0 Å². The predicted octanol–water partition coefficient (Wildman–Crippen LogP) is 8.77. The van der Waals surface area contributed by atoms with Crippen molar-refractivity contribution >= 4 is 5.69 Å². The molecule has 4 aromatic carbocycles. The fourth-order valence-electron chi connectivity index (χ4n) is 4.00. The van der Waals surface area contributed by atoms with Crippen molar-refractivity contribution < 1.29 is 37.7 Å². The molecule has 0 bridgehead atoms. The Labute approximate surface area is 287 Å². The third kappa shape index (κ3) is 9.36. The Morgan fingerprint density at radius 3 is 1.69 bits per heavy atom. The van der Waals surface area contributed by atoms with Crippen LogP contribution in [-0.4, -0.2) is 20.1 Å². The first-order valence-electron chi connectivity index (χ1n) is 13.8. The number of halogens is 4. The molecule has 1 radical (unpaired) electrons. The van der Waals surface area contributed by atoms with Crippen molar-refractivity contribution in [1.29, 1.82) is 0 Å². The van der Waals surface area contributed by atoms with Crippen LogP contribution >= 0.6 is 0 Å². The molecule has 0 atom stereocenters. The molecule has 6 nitrogen and oxygen atoms in total. The average molecular weight is 817 g/mol. The summed E-state index contributed by atoms with van der Waals surface area (Å²) in [6.45, 7) is 6.91. The van der Waals surface area contributed by atoms with Gasteiger partial charge in [0.2, 0.25) is 0 Å². The minimum Gasteiger partial charge on any atom is -0.466 e. The van der Waals surface area contributed by atoms with Crippen LogP contribution in [0.5, 0.6) is 0 Å². The summed E-state index contributed by atoms with van der Waals surface area (Å²) in [7, 11) is 0. The minimum atomic E-state index is -0.649. The molecule has 11 heteroatoms. The molecule has 0 saturated heterocycles. The number of benzene rings is 4. The molecule has 239 valence electrons. The zero-order chi connectivity index (χ0) is 33.0. The molecule has 7 aromatic rings. The largest absolute Gasteiger partial charge is 0.466 e. The van der Waals surface area contributed by atoms with Crippen molar-refractivity contribution in [3.8, 4) is 45.3 Å². The van der Waals surface area contributed by atoms with Gasteiger partial charge in [-0.1, -0.05) is 71.8 Å². The third-order valence-electron chi connectivity index (χ3n) is 6.21. The zero-order valence-corrected chi connectivity index (χ0v) is 27.0. The molecule has 0 N–H and O–H groups in total. The average Bonchev–Trinajstić information content (AvgIpc) is 3.61. The van der Waals surface area contributed by atoms with E-state index in [1.54, 1.807) is 60.9 Å². The van der Waals surface area contributed by atoms with Crippen LogP contribution in [0.3, 0.4) is 0 Å². The topological polar surface area (TPSA) is 70.0 Å². The molecule has 0 aliphatic carbocycles. The Balaban J connectivity index is 0.000000164. The minimum absolute atomic E-state index is 0. The van der Waals surface area contributed by atoms with E-state index in [1.807, 2.05) is 36.4 Å². The van der Waals surface area contributed by atoms with E-state index < -0.39 is 23.3 Å². The standard InChI is InChI=1S/C15H8N4.2C11H6F2N.Ir/c1-16-13-9-7-12(8-10-13)15-17-14(18-19-15)11-5-3-2-4-6-11;2*12-8-4-5-9(10(13)7-8)11-3-1-2-6-14-11;/h2-5,7-10H;2*1-4,6-7H;/q-2;2*-1;. The van der Waals surface area contributed by atoms with Crippen molar-refractivity contribution in [3.63, 3.8) is 0 Å². The van der Waals surface area contributed by atoms with Gasteiger partial charge < -0.3 is 20.1 Å². The molecule has 0 aliphatic heterocycles. The van der Waals surface area contributed by atoms with Crippen LogP contribution in [-0.2, 0) is 20.1 Å². The molecule has 3 heterocycles. The molecule has 0 fully saturated rings. The van der Waals surface area contributed by atoms with Gasteiger partial charge in [-0.25, -0.2) is 4.85 Å². The molecule has 48 heavy (non-hydrogen) atoms. The SMILES string of the molecule is Fc1c[c-]c(-c2ccccn2)c(F)c1.Fc1c[c-]c(-c2ccccn2)c(F)c1.[C-]#[N+]c1ccc(-c2n[n-]c(-c3[c-]cccc3)n2)cc1.[Ir]. The number of pyridine rings is 2. The van der Waals surface area contributed by atoms with Gasteiger partial charge in [-0.05, 0) is 29.1 Å². The maximum atomic E-state index is 13.2. The van der Waals surface area contributed by atoms with Gasteiger partial charge in [0.1, 0.15) is 0 Å². The van der Waals surface area contributed by atoms with Crippen molar-refractivity contribution in [2.24, 2.45) is 0 Å². The summed E-state index contributed by atoms with van der Waals surface area (Å²) >= 11 is 0. The predicted molar refractivity (Wildman–Crippen MR) is 168 cm³/mol. The second kappa shape index (κ2) is 17.2. The molecule has 0 unspecified atom stereocenters. The maximum absolute atomic E-state index is 13.2. The second-order valence-corrected chi connectivity index (χ2v) is 9.41. The van der Waals surface area contributed by atoms with E-state index in [2.05, 4.69) is 48.2 Å². The van der Waals surface area contributed by atoms with E-state index in [9.17, 15) is 17.6 Å². The van der Waals surface area contributed by atoms with Crippen LogP contribution < -0.4 is 5.10 Å². The normalized spacial score (nSPS) is 9.90. The molecular weight excluding hydrogens is 797 g/mol. The molecule has 7 rings (SSSR count). The number of hydrogen-bond donors (Lipinski definition) is 0. The van der Waals surface area contributed by atoms with Gasteiger partial charge in [0.05, 0.1) is 6.57 Å². The van der Waals surface area contributed by atoms with E-state index in [4.69, 9.17) is 6.57 Å². The molecule has 3 aromatic heterocycles. The first-order chi connectivity index (χ1) is 22.9. The third-order valence-corrected chi connectivity index (χ3v) is 6.21. The van der Waals surface area contributed by atoms with Crippen molar-refractivity contribution in [3.05, 3.63) is 174 Å². The Hall–Kier alpha value is -5.82. The Morgan fingerprint density at radius 1 is 0.667 bits per heavy atom.